The molecule has 19 heavy (non-hydrogen) atoms. The Morgan fingerprint density at radius 2 is 2.11 bits per heavy atom. The van der Waals surface area contributed by atoms with Gasteiger partial charge in [0.2, 0.25) is 11.8 Å². The zero-order valence-corrected chi connectivity index (χ0v) is 10.6. The van der Waals surface area contributed by atoms with Crippen LogP contribution in [0.3, 0.4) is 0 Å². The van der Waals surface area contributed by atoms with Gasteiger partial charge in [-0.3, -0.25) is 9.59 Å². The third-order valence-electron chi connectivity index (χ3n) is 2.97. The number of hydrogen-bond donors (Lipinski definition) is 3. The first-order chi connectivity index (χ1) is 9.15. The summed E-state index contributed by atoms with van der Waals surface area (Å²) in [4.78, 5) is 23.2. The van der Waals surface area contributed by atoms with Gasteiger partial charge in [-0.25, -0.2) is 0 Å². The molecule has 0 saturated carbocycles. The number of benzene rings is 1. The highest BCUT2D eigenvalue weighted by Crippen LogP contribution is 2.07. The largest absolute Gasteiger partial charge is 0.399 e. The molecule has 0 aromatic heterocycles. The molecule has 100 valence electrons. The molecule has 1 saturated heterocycles. The summed E-state index contributed by atoms with van der Waals surface area (Å²) in [5, 5.41) is 5.41. The number of piperidine rings is 1. The molecule has 5 nitrogen and oxygen atoms in total. The van der Waals surface area contributed by atoms with E-state index in [4.69, 9.17) is 5.73 Å². The first-order valence-electron chi connectivity index (χ1n) is 6.27. The lowest BCUT2D eigenvalue weighted by Gasteiger charge is -2.22. The molecule has 1 aliphatic rings. The third kappa shape index (κ3) is 3.84. The number of carbonyl (C=O) groups excluding carboxylic acids is 2. The lowest BCUT2D eigenvalue weighted by molar-refractivity contribution is -0.128. The van der Waals surface area contributed by atoms with Crippen LogP contribution < -0.4 is 16.4 Å². The van der Waals surface area contributed by atoms with Crippen LogP contribution in [0.25, 0.3) is 6.08 Å². The van der Waals surface area contributed by atoms with Gasteiger partial charge in [-0.15, -0.1) is 0 Å². The van der Waals surface area contributed by atoms with Gasteiger partial charge in [0.25, 0.3) is 0 Å². The van der Waals surface area contributed by atoms with Crippen molar-refractivity contribution in [3.8, 4) is 0 Å². The summed E-state index contributed by atoms with van der Waals surface area (Å²) < 4.78 is 0. The lowest BCUT2D eigenvalue weighted by atomic mass is 10.1. The average Bonchev–Trinajstić information content (AvgIpc) is 2.41. The van der Waals surface area contributed by atoms with Crippen molar-refractivity contribution in [1.82, 2.24) is 10.6 Å². The topological polar surface area (TPSA) is 84.2 Å². The second-order valence-corrected chi connectivity index (χ2v) is 4.49. The Morgan fingerprint density at radius 3 is 2.79 bits per heavy atom. The smallest absolute Gasteiger partial charge is 0.244 e. The summed E-state index contributed by atoms with van der Waals surface area (Å²) in [6.45, 7) is 0.687. The highest BCUT2D eigenvalue weighted by molar-refractivity contribution is 5.95. The number of amides is 2. The van der Waals surface area contributed by atoms with Gasteiger partial charge in [0.05, 0.1) is 0 Å². The van der Waals surface area contributed by atoms with Gasteiger partial charge in [0, 0.05) is 18.3 Å². The minimum Gasteiger partial charge on any atom is -0.399 e. The van der Waals surface area contributed by atoms with E-state index in [0.29, 0.717) is 18.7 Å². The highest BCUT2D eigenvalue weighted by Gasteiger charge is 2.22. The number of anilines is 1. The summed E-state index contributed by atoms with van der Waals surface area (Å²) in [5.41, 5.74) is 7.14. The molecule has 1 fully saturated rings. The predicted molar refractivity (Wildman–Crippen MR) is 74.1 cm³/mol. The van der Waals surface area contributed by atoms with Crippen molar-refractivity contribution in [3.05, 3.63) is 35.9 Å². The Bertz CT molecular complexity index is 494. The van der Waals surface area contributed by atoms with Crippen LogP contribution in [-0.2, 0) is 9.59 Å². The predicted octanol–water partition coefficient (Wildman–Crippen LogP) is 0.677. The SMILES string of the molecule is Nc1ccc(/C=C/C(=O)NC2CCCNC2=O)cc1. The summed E-state index contributed by atoms with van der Waals surface area (Å²) in [6.07, 6.45) is 4.69. The Balaban J connectivity index is 1.90. The average molecular weight is 259 g/mol. The van der Waals surface area contributed by atoms with Crippen molar-refractivity contribution in [2.75, 3.05) is 12.3 Å². The zero-order chi connectivity index (χ0) is 13.7. The van der Waals surface area contributed by atoms with E-state index in [1.165, 1.54) is 6.08 Å². The molecule has 2 amide bonds. The normalized spacial score (nSPS) is 19.2. The van der Waals surface area contributed by atoms with Crippen LogP contribution in [0.2, 0.25) is 0 Å². The van der Waals surface area contributed by atoms with Crippen molar-refractivity contribution in [2.45, 2.75) is 18.9 Å². The van der Waals surface area contributed by atoms with Crippen molar-refractivity contribution in [2.24, 2.45) is 0 Å². The van der Waals surface area contributed by atoms with Crippen LogP contribution in [0.5, 0.6) is 0 Å². The monoisotopic (exact) mass is 259 g/mol. The molecular weight excluding hydrogens is 242 g/mol. The number of nitrogen functional groups attached to an aromatic ring is 1. The van der Waals surface area contributed by atoms with Crippen molar-refractivity contribution >= 4 is 23.6 Å². The van der Waals surface area contributed by atoms with Crippen LogP contribution in [0.15, 0.2) is 30.3 Å². The third-order valence-corrected chi connectivity index (χ3v) is 2.97. The Hall–Kier alpha value is -2.30. The molecule has 1 heterocycles. The van der Waals surface area contributed by atoms with E-state index in [9.17, 15) is 9.59 Å². The molecule has 1 aromatic carbocycles. The van der Waals surface area contributed by atoms with Crippen molar-refractivity contribution < 1.29 is 9.59 Å². The number of rotatable bonds is 3. The van der Waals surface area contributed by atoms with E-state index < -0.39 is 6.04 Å². The van der Waals surface area contributed by atoms with Gasteiger partial charge in [-0.2, -0.15) is 0 Å². The van der Waals surface area contributed by atoms with Crippen LogP contribution >= 0.6 is 0 Å². The molecule has 0 radical (unpaired) electrons. The number of nitrogens with one attached hydrogen (secondary N) is 2. The fourth-order valence-electron chi connectivity index (χ4n) is 1.91. The van der Waals surface area contributed by atoms with Gasteiger partial charge in [-0.1, -0.05) is 12.1 Å². The standard InChI is InChI=1S/C14H17N3O2/c15-11-6-3-10(4-7-11)5-8-13(18)17-12-2-1-9-16-14(12)19/h3-8,12H,1-2,9,15H2,(H,16,19)(H,17,18)/b8-5+. The maximum absolute atomic E-state index is 11.7. The van der Waals surface area contributed by atoms with Gasteiger partial charge < -0.3 is 16.4 Å². The van der Waals surface area contributed by atoms with Crippen molar-refractivity contribution in [3.63, 3.8) is 0 Å². The Kier molecular flexibility index (Phi) is 4.18. The molecule has 0 bridgehead atoms. The molecule has 5 heteroatoms. The van der Waals surface area contributed by atoms with Crippen LogP contribution in [-0.4, -0.2) is 24.4 Å². The van der Waals surface area contributed by atoms with E-state index in [1.54, 1.807) is 18.2 Å². The molecule has 0 spiro atoms. The molecule has 4 N–H and O–H groups in total. The Morgan fingerprint density at radius 1 is 1.37 bits per heavy atom. The molecule has 1 unspecified atom stereocenters. The van der Waals surface area contributed by atoms with Crippen molar-refractivity contribution in [1.29, 1.82) is 0 Å². The molecule has 1 aliphatic heterocycles. The van der Waals surface area contributed by atoms with Gasteiger partial charge in [-0.05, 0) is 36.6 Å². The molecule has 1 atom stereocenters. The minimum atomic E-state index is -0.419. The zero-order valence-electron chi connectivity index (χ0n) is 10.6. The van der Waals surface area contributed by atoms with Crippen LogP contribution in [0, 0.1) is 0 Å². The second kappa shape index (κ2) is 6.04. The summed E-state index contributed by atoms with van der Waals surface area (Å²) >= 11 is 0. The van der Waals surface area contributed by atoms with E-state index in [-0.39, 0.29) is 11.8 Å². The highest BCUT2D eigenvalue weighted by atomic mass is 16.2. The molecule has 2 rings (SSSR count). The summed E-state index contributed by atoms with van der Waals surface area (Å²) in [6, 6.07) is 6.77. The number of carbonyl (C=O) groups is 2. The number of hydrogen-bond acceptors (Lipinski definition) is 3. The minimum absolute atomic E-state index is 0.111. The molecular formula is C14H17N3O2. The molecule has 0 aliphatic carbocycles. The Labute approximate surface area is 111 Å². The molecule has 1 aromatic rings. The summed E-state index contributed by atoms with van der Waals surface area (Å²) in [5.74, 6) is -0.376. The van der Waals surface area contributed by atoms with E-state index >= 15 is 0 Å². The first kappa shape index (κ1) is 13.1. The maximum atomic E-state index is 11.7. The van der Waals surface area contributed by atoms with Gasteiger partial charge >= 0.3 is 0 Å². The maximum Gasteiger partial charge on any atom is 0.244 e. The van der Waals surface area contributed by atoms with E-state index in [0.717, 1.165) is 12.0 Å². The first-order valence-corrected chi connectivity index (χ1v) is 6.27. The van der Waals surface area contributed by atoms with Gasteiger partial charge in [0.1, 0.15) is 6.04 Å². The second-order valence-electron chi connectivity index (χ2n) is 4.49. The lowest BCUT2D eigenvalue weighted by Crippen LogP contribution is -2.49. The van der Waals surface area contributed by atoms with Crippen LogP contribution in [0.4, 0.5) is 5.69 Å². The van der Waals surface area contributed by atoms with E-state index in [2.05, 4.69) is 10.6 Å². The van der Waals surface area contributed by atoms with Gasteiger partial charge in [0.15, 0.2) is 0 Å². The fourth-order valence-corrected chi connectivity index (χ4v) is 1.91. The summed E-state index contributed by atoms with van der Waals surface area (Å²) in [7, 11) is 0. The number of nitrogens with two attached hydrogens (primary N) is 1. The quantitative estimate of drug-likeness (QED) is 0.551. The van der Waals surface area contributed by atoms with E-state index in [1.807, 2.05) is 12.1 Å². The van der Waals surface area contributed by atoms with Crippen LogP contribution in [0.1, 0.15) is 18.4 Å². The fraction of sp³-hybridized carbons (Fsp3) is 0.286.